The summed E-state index contributed by atoms with van der Waals surface area (Å²) in [4.78, 5) is 5.03. The summed E-state index contributed by atoms with van der Waals surface area (Å²) < 4.78 is 27.1. The Morgan fingerprint density at radius 2 is 1.64 bits per heavy atom. The van der Waals surface area contributed by atoms with Gasteiger partial charge in [-0.25, -0.2) is 13.4 Å². The zero-order valence-electron chi connectivity index (χ0n) is 13.6. The fraction of sp³-hybridized carbons (Fsp3) is 0.211. The minimum absolute atomic E-state index is 0.348. The molecule has 0 atom stereocenters. The van der Waals surface area contributed by atoms with Crippen molar-refractivity contribution in [2.24, 2.45) is 0 Å². The topological polar surface area (TPSA) is 50.3 Å². The summed E-state index contributed by atoms with van der Waals surface area (Å²) in [6.07, 6.45) is 1.87. The van der Waals surface area contributed by atoms with Gasteiger partial charge in [-0.15, -0.1) is 11.3 Å². The van der Waals surface area contributed by atoms with E-state index in [1.807, 2.05) is 41.8 Å². The average molecular weight is 370 g/mol. The Kier molecular flexibility index (Phi) is 4.41. The number of benzene rings is 2. The van der Waals surface area contributed by atoms with Gasteiger partial charge in [0.25, 0.3) is 0 Å². The lowest BCUT2D eigenvalue weighted by molar-refractivity contribution is 0.477. The molecule has 4 nitrogen and oxygen atoms in total. The van der Waals surface area contributed by atoms with Crippen molar-refractivity contribution in [3.8, 4) is 21.8 Å². The summed E-state index contributed by atoms with van der Waals surface area (Å²) in [6, 6.07) is 17.1. The maximum atomic E-state index is 12.8. The van der Waals surface area contributed by atoms with Crippen LogP contribution in [-0.4, -0.2) is 30.8 Å². The highest BCUT2D eigenvalue weighted by Gasteiger charge is 2.27. The van der Waals surface area contributed by atoms with Crippen LogP contribution in [0.25, 0.3) is 21.8 Å². The van der Waals surface area contributed by atoms with E-state index in [-0.39, 0.29) is 0 Å². The van der Waals surface area contributed by atoms with Crippen molar-refractivity contribution in [2.75, 3.05) is 13.1 Å². The first kappa shape index (κ1) is 16.4. The molecule has 0 spiro atoms. The van der Waals surface area contributed by atoms with Gasteiger partial charge in [-0.2, -0.15) is 4.31 Å². The van der Waals surface area contributed by atoms with Crippen molar-refractivity contribution in [3.05, 3.63) is 60.0 Å². The second kappa shape index (κ2) is 6.71. The number of hydrogen-bond donors (Lipinski definition) is 0. The van der Waals surface area contributed by atoms with Crippen LogP contribution in [0.3, 0.4) is 0 Å². The number of thiazole rings is 1. The second-order valence-electron chi connectivity index (χ2n) is 6.04. The van der Waals surface area contributed by atoms with Gasteiger partial charge in [-0.3, -0.25) is 0 Å². The normalized spacial score (nSPS) is 15.5. The van der Waals surface area contributed by atoms with Crippen LogP contribution in [0.5, 0.6) is 0 Å². The molecule has 0 N–H and O–H groups in total. The summed E-state index contributed by atoms with van der Waals surface area (Å²) in [7, 11) is -3.41. The Balaban J connectivity index is 1.67. The van der Waals surface area contributed by atoms with E-state index in [1.54, 1.807) is 33.8 Å². The summed E-state index contributed by atoms with van der Waals surface area (Å²) in [6.45, 7) is 1.23. The van der Waals surface area contributed by atoms with E-state index in [0.29, 0.717) is 18.0 Å². The maximum absolute atomic E-state index is 12.8. The molecule has 2 heterocycles. The molecule has 4 rings (SSSR count). The van der Waals surface area contributed by atoms with Gasteiger partial charge < -0.3 is 0 Å². The van der Waals surface area contributed by atoms with Crippen molar-refractivity contribution in [2.45, 2.75) is 17.7 Å². The summed E-state index contributed by atoms with van der Waals surface area (Å²) in [5, 5.41) is 2.91. The first-order valence-electron chi connectivity index (χ1n) is 8.26. The van der Waals surface area contributed by atoms with Crippen molar-refractivity contribution in [1.82, 2.24) is 9.29 Å². The Bertz CT molecular complexity index is 975. The van der Waals surface area contributed by atoms with Crippen molar-refractivity contribution >= 4 is 21.4 Å². The predicted octanol–water partition coefficient (Wildman–Crippen LogP) is 4.26. The largest absolute Gasteiger partial charge is 0.243 e. The molecule has 25 heavy (non-hydrogen) atoms. The van der Waals surface area contributed by atoms with E-state index >= 15 is 0 Å². The first-order valence-corrected chi connectivity index (χ1v) is 10.6. The lowest BCUT2D eigenvalue weighted by Crippen LogP contribution is -2.27. The molecule has 0 aliphatic carbocycles. The van der Waals surface area contributed by atoms with E-state index in [1.165, 1.54) is 0 Å². The van der Waals surface area contributed by atoms with Crippen LogP contribution in [0.1, 0.15) is 12.8 Å². The molecule has 1 aromatic heterocycles. The summed E-state index contributed by atoms with van der Waals surface area (Å²) in [5.74, 6) is 0. The molecule has 128 valence electrons. The fourth-order valence-corrected chi connectivity index (χ4v) is 5.41. The standard InChI is InChI=1S/C19H18N2O2S2/c22-25(23,21-11-4-5-12-21)17-10-6-9-16(13-17)18-14-24-19(20-18)15-7-2-1-3-8-15/h1-3,6-10,13-14H,4-5,11-12H2. The van der Waals surface area contributed by atoms with Crippen LogP contribution in [-0.2, 0) is 10.0 Å². The molecule has 0 saturated carbocycles. The van der Waals surface area contributed by atoms with E-state index in [2.05, 4.69) is 4.98 Å². The van der Waals surface area contributed by atoms with E-state index in [4.69, 9.17) is 0 Å². The van der Waals surface area contributed by atoms with Gasteiger partial charge in [-0.1, -0.05) is 42.5 Å². The zero-order valence-corrected chi connectivity index (χ0v) is 15.3. The first-order chi connectivity index (χ1) is 12.1. The third kappa shape index (κ3) is 3.25. The Hall–Kier alpha value is -2.02. The van der Waals surface area contributed by atoms with Crippen molar-refractivity contribution < 1.29 is 8.42 Å². The molecule has 1 aliphatic rings. The van der Waals surface area contributed by atoms with Gasteiger partial charge in [0, 0.05) is 29.6 Å². The lowest BCUT2D eigenvalue weighted by Gasteiger charge is -2.15. The number of hydrogen-bond acceptors (Lipinski definition) is 4. The minimum atomic E-state index is -3.41. The molecule has 0 amide bonds. The molecular formula is C19H18N2O2S2. The Morgan fingerprint density at radius 1 is 0.920 bits per heavy atom. The van der Waals surface area contributed by atoms with Gasteiger partial charge in [0.15, 0.2) is 0 Å². The highest BCUT2D eigenvalue weighted by atomic mass is 32.2. The van der Waals surface area contributed by atoms with Gasteiger partial charge in [-0.05, 0) is 25.0 Å². The Labute approximate surface area is 151 Å². The third-order valence-corrected chi connectivity index (χ3v) is 7.14. The molecule has 0 bridgehead atoms. The van der Waals surface area contributed by atoms with Gasteiger partial charge >= 0.3 is 0 Å². The van der Waals surface area contributed by atoms with E-state index in [9.17, 15) is 8.42 Å². The highest BCUT2D eigenvalue weighted by Crippen LogP contribution is 2.30. The van der Waals surface area contributed by atoms with Gasteiger partial charge in [0.2, 0.25) is 10.0 Å². The maximum Gasteiger partial charge on any atom is 0.243 e. The molecular weight excluding hydrogens is 352 g/mol. The predicted molar refractivity (Wildman–Crippen MR) is 101 cm³/mol. The zero-order chi connectivity index (χ0) is 17.3. The number of nitrogens with zero attached hydrogens (tertiary/aromatic N) is 2. The van der Waals surface area contributed by atoms with Gasteiger partial charge in [0.1, 0.15) is 5.01 Å². The molecule has 6 heteroatoms. The third-order valence-electron chi connectivity index (χ3n) is 4.36. The second-order valence-corrected chi connectivity index (χ2v) is 8.84. The summed E-state index contributed by atoms with van der Waals surface area (Å²) >= 11 is 1.57. The van der Waals surface area contributed by atoms with Crippen LogP contribution in [0.2, 0.25) is 0 Å². The average Bonchev–Trinajstić information content (AvgIpc) is 3.35. The number of aromatic nitrogens is 1. The molecule has 0 unspecified atom stereocenters. The monoisotopic (exact) mass is 370 g/mol. The fourth-order valence-electron chi connectivity index (χ4n) is 3.01. The van der Waals surface area contributed by atoms with Crippen LogP contribution < -0.4 is 0 Å². The molecule has 1 fully saturated rings. The molecule has 1 saturated heterocycles. The highest BCUT2D eigenvalue weighted by molar-refractivity contribution is 7.89. The lowest BCUT2D eigenvalue weighted by atomic mass is 10.2. The summed E-state index contributed by atoms with van der Waals surface area (Å²) in [5.41, 5.74) is 2.71. The molecule has 2 aromatic carbocycles. The van der Waals surface area contributed by atoms with Crippen molar-refractivity contribution in [3.63, 3.8) is 0 Å². The minimum Gasteiger partial charge on any atom is -0.236 e. The SMILES string of the molecule is O=S(=O)(c1cccc(-c2csc(-c3ccccc3)n2)c1)N1CCCC1. The smallest absolute Gasteiger partial charge is 0.236 e. The molecule has 3 aromatic rings. The molecule has 1 aliphatic heterocycles. The van der Waals surface area contributed by atoms with E-state index in [0.717, 1.165) is 34.7 Å². The quantitative estimate of drug-likeness (QED) is 0.689. The van der Waals surface area contributed by atoms with Crippen LogP contribution in [0, 0.1) is 0 Å². The number of rotatable bonds is 4. The van der Waals surface area contributed by atoms with Gasteiger partial charge in [0.05, 0.1) is 10.6 Å². The van der Waals surface area contributed by atoms with Crippen LogP contribution in [0.4, 0.5) is 0 Å². The molecule has 0 radical (unpaired) electrons. The Morgan fingerprint density at radius 3 is 2.40 bits per heavy atom. The van der Waals surface area contributed by atoms with Crippen LogP contribution in [0.15, 0.2) is 64.9 Å². The van der Waals surface area contributed by atoms with Crippen LogP contribution >= 0.6 is 11.3 Å². The number of sulfonamides is 1. The van der Waals surface area contributed by atoms with E-state index < -0.39 is 10.0 Å². The van der Waals surface area contributed by atoms with Crippen molar-refractivity contribution in [1.29, 1.82) is 0 Å².